The molecule has 0 aromatic heterocycles. The van der Waals surface area contributed by atoms with E-state index in [1.165, 1.54) is 0 Å². The number of phosphoric acid groups is 1. The number of carboxylic acid groups (broad SMARTS) is 1. The van der Waals surface area contributed by atoms with E-state index in [0.717, 1.165) is 0 Å². The van der Waals surface area contributed by atoms with Gasteiger partial charge in [-0.05, 0) is 20.3 Å². The van der Waals surface area contributed by atoms with Gasteiger partial charge in [-0.25, -0.2) is 13.9 Å². The molecule has 26 heavy (non-hydrogen) atoms. The number of phosphoric ester groups is 1. The van der Waals surface area contributed by atoms with Gasteiger partial charge in [0.2, 0.25) is 6.79 Å². The number of rotatable bonds is 9. The summed E-state index contributed by atoms with van der Waals surface area (Å²) >= 11 is 0. The molecular formula is C15H25O10P. The van der Waals surface area contributed by atoms with Crippen LogP contribution >= 0.6 is 7.82 Å². The van der Waals surface area contributed by atoms with Crippen molar-refractivity contribution in [2.24, 2.45) is 5.41 Å². The second-order valence-electron chi connectivity index (χ2n) is 6.72. The van der Waals surface area contributed by atoms with E-state index in [1.54, 1.807) is 27.7 Å². The zero-order valence-electron chi connectivity index (χ0n) is 15.3. The first-order valence-electron chi connectivity index (χ1n) is 8.10. The zero-order chi connectivity index (χ0) is 20.0. The van der Waals surface area contributed by atoms with Crippen LogP contribution in [0.25, 0.3) is 0 Å². The van der Waals surface area contributed by atoms with E-state index in [0.29, 0.717) is 0 Å². The quantitative estimate of drug-likeness (QED) is 0.352. The molecule has 1 saturated heterocycles. The van der Waals surface area contributed by atoms with E-state index in [1.807, 2.05) is 0 Å². The van der Waals surface area contributed by atoms with Crippen molar-refractivity contribution >= 4 is 25.7 Å². The van der Waals surface area contributed by atoms with Gasteiger partial charge in [0.1, 0.15) is 6.10 Å². The van der Waals surface area contributed by atoms with Gasteiger partial charge in [0, 0.05) is 18.3 Å². The molecule has 11 heteroatoms. The number of carbonyl (C=O) groups excluding carboxylic acids is 2. The summed E-state index contributed by atoms with van der Waals surface area (Å²) in [5.41, 5.74) is -0.783. The molecule has 10 nitrogen and oxygen atoms in total. The van der Waals surface area contributed by atoms with Crippen molar-refractivity contribution in [1.29, 1.82) is 0 Å². The van der Waals surface area contributed by atoms with E-state index in [4.69, 9.17) is 23.4 Å². The third kappa shape index (κ3) is 7.41. The van der Waals surface area contributed by atoms with Crippen LogP contribution in [0.4, 0.5) is 4.79 Å². The maximum absolute atomic E-state index is 12.5. The van der Waals surface area contributed by atoms with Gasteiger partial charge in [0.25, 0.3) is 0 Å². The first-order valence-corrected chi connectivity index (χ1v) is 9.57. The van der Waals surface area contributed by atoms with Crippen molar-refractivity contribution in [3.8, 4) is 0 Å². The van der Waals surface area contributed by atoms with Crippen LogP contribution in [0.5, 0.6) is 0 Å². The highest BCUT2D eigenvalue weighted by Crippen LogP contribution is 2.57. The second kappa shape index (κ2) is 9.45. The highest BCUT2D eigenvalue weighted by Gasteiger charge is 2.48. The van der Waals surface area contributed by atoms with Gasteiger partial charge in [-0.1, -0.05) is 13.8 Å². The number of carbonyl (C=O) groups is 3. The van der Waals surface area contributed by atoms with Crippen molar-refractivity contribution < 1.29 is 47.1 Å². The highest BCUT2D eigenvalue weighted by atomic mass is 31.2. The lowest BCUT2D eigenvalue weighted by Crippen LogP contribution is -2.44. The molecule has 1 fully saturated rings. The SMILES string of the molecule is CC(C)OC(=O)OCOP1(=O)OCC(C)(C)[C@H](C(=O)CCCC(=O)O)O1. The van der Waals surface area contributed by atoms with E-state index in [-0.39, 0.29) is 25.9 Å². The van der Waals surface area contributed by atoms with Gasteiger partial charge < -0.3 is 14.6 Å². The van der Waals surface area contributed by atoms with E-state index in [2.05, 4.69) is 4.74 Å². The third-order valence-corrected chi connectivity index (χ3v) is 4.70. The van der Waals surface area contributed by atoms with Crippen LogP contribution < -0.4 is 0 Å². The summed E-state index contributed by atoms with van der Waals surface area (Å²) in [7, 11) is -4.11. The maximum Gasteiger partial charge on any atom is 0.510 e. The minimum absolute atomic E-state index is 0.0440. The molecule has 1 unspecified atom stereocenters. The van der Waals surface area contributed by atoms with Gasteiger partial charge in [-0.15, -0.1) is 0 Å². The summed E-state index contributed by atoms with van der Waals surface area (Å²) in [6, 6.07) is 0. The van der Waals surface area contributed by atoms with Gasteiger partial charge in [0.15, 0.2) is 5.78 Å². The summed E-state index contributed by atoms with van der Waals surface area (Å²) in [4.78, 5) is 34.1. The number of ether oxygens (including phenoxy) is 2. The number of hydrogen-bond donors (Lipinski definition) is 1. The minimum Gasteiger partial charge on any atom is -0.481 e. The fourth-order valence-electron chi connectivity index (χ4n) is 2.10. The number of hydrogen-bond acceptors (Lipinski definition) is 9. The van der Waals surface area contributed by atoms with Crippen LogP contribution in [0, 0.1) is 5.41 Å². The molecule has 0 spiro atoms. The number of carboxylic acids is 1. The van der Waals surface area contributed by atoms with Crippen molar-refractivity contribution in [2.45, 2.75) is 59.2 Å². The summed E-state index contributed by atoms with van der Waals surface area (Å²) in [5.74, 6) is -1.41. The summed E-state index contributed by atoms with van der Waals surface area (Å²) in [6.07, 6.45) is -2.56. The van der Waals surface area contributed by atoms with Crippen molar-refractivity contribution in [3.05, 3.63) is 0 Å². The molecule has 1 heterocycles. The molecule has 1 N–H and O–H groups in total. The minimum atomic E-state index is -4.11. The smallest absolute Gasteiger partial charge is 0.481 e. The van der Waals surface area contributed by atoms with E-state index >= 15 is 0 Å². The van der Waals surface area contributed by atoms with Gasteiger partial charge >= 0.3 is 19.9 Å². The predicted octanol–water partition coefficient (Wildman–Crippen LogP) is 2.90. The van der Waals surface area contributed by atoms with Gasteiger partial charge in [-0.3, -0.25) is 18.6 Å². The standard InChI is InChI=1S/C15H25O10P/c1-10(2)24-14(19)21-9-23-26(20)22-8-15(3,4)13(25-26)11(16)6-5-7-12(17)18/h10,13H,5-9H2,1-4H3,(H,17,18)/t13-,26?/m0/s1. The molecule has 0 bridgehead atoms. The molecule has 1 aliphatic rings. The predicted molar refractivity (Wildman–Crippen MR) is 87.4 cm³/mol. The Balaban J connectivity index is 2.60. The Morgan fingerprint density at radius 3 is 2.50 bits per heavy atom. The average Bonchev–Trinajstić information content (AvgIpc) is 2.49. The normalized spacial score (nSPS) is 24.9. The summed E-state index contributed by atoms with van der Waals surface area (Å²) < 4.78 is 37.0. The molecule has 0 radical (unpaired) electrons. The Labute approximate surface area is 151 Å². The molecule has 1 rings (SSSR count). The van der Waals surface area contributed by atoms with Crippen LogP contribution in [-0.2, 0) is 37.2 Å². The molecular weight excluding hydrogens is 371 g/mol. The Kier molecular flexibility index (Phi) is 8.20. The Hall–Kier alpha value is -1.48. The zero-order valence-corrected chi connectivity index (χ0v) is 16.2. The molecule has 0 aromatic carbocycles. The first-order chi connectivity index (χ1) is 11.9. The lowest BCUT2D eigenvalue weighted by molar-refractivity contribution is -0.141. The number of Topliss-reactive ketones (excluding diaryl/α,β-unsaturated/α-hetero) is 1. The number of aliphatic carboxylic acids is 1. The molecule has 0 saturated carbocycles. The fraction of sp³-hybridized carbons (Fsp3) is 0.800. The largest absolute Gasteiger partial charge is 0.510 e. The van der Waals surface area contributed by atoms with Gasteiger partial charge in [0.05, 0.1) is 12.7 Å². The van der Waals surface area contributed by atoms with Crippen LogP contribution in [0.1, 0.15) is 47.0 Å². The molecule has 2 atom stereocenters. The monoisotopic (exact) mass is 396 g/mol. The Morgan fingerprint density at radius 2 is 1.92 bits per heavy atom. The highest BCUT2D eigenvalue weighted by molar-refractivity contribution is 7.48. The third-order valence-electron chi connectivity index (χ3n) is 3.36. The number of ketones is 1. The second-order valence-corrected chi connectivity index (χ2v) is 8.34. The summed E-state index contributed by atoms with van der Waals surface area (Å²) in [5, 5.41) is 8.64. The molecule has 0 amide bonds. The topological polar surface area (TPSA) is 135 Å². The van der Waals surface area contributed by atoms with E-state index in [9.17, 15) is 18.9 Å². The Morgan fingerprint density at radius 1 is 1.27 bits per heavy atom. The maximum atomic E-state index is 12.5. The lowest BCUT2D eigenvalue weighted by atomic mass is 9.84. The van der Waals surface area contributed by atoms with Crippen LogP contribution in [-0.4, -0.2) is 48.6 Å². The fourth-order valence-corrected chi connectivity index (χ4v) is 3.63. The van der Waals surface area contributed by atoms with Crippen LogP contribution in [0.3, 0.4) is 0 Å². The van der Waals surface area contributed by atoms with Crippen molar-refractivity contribution in [2.75, 3.05) is 13.4 Å². The molecule has 150 valence electrons. The van der Waals surface area contributed by atoms with E-state index < -0.39 is 50.1 Å². The van der Waals surface area contributed by atoms with Crippen molar-refractivity contribution in [1.82, 2.24) is 0 Å². The average molecular weight is 396 g/mol. The molecule has 1 aliphatic heterocycles. The molecule has 0 aliphatic carbocycles. The first kappa shape index (κ1) is 22.6. The van der Waals surface area contributed by atoms with Crippen LogP contribution in [0.2, 0.25) is 0 Å². The van der Waals surface area contributed by atoms with Crippen molar-refractivity contribution in [3.63, 3.8) is 0 Å². The van der Waals surface area contributed by atoms with Crippen LogP contribution in [0.15, 0.2) is 0 Å². The van der Waals surface area contributed by atoms with Gasteiger partial charge in [-0.2, -0.15) is 0 Å². The Bertz CT molecular complexity index is 571. The summed E-state index contributed by atoms with van der Waals surface area (Å²) in [6.45, 7) is 5.80. The lowest BCUT2D eigenvalue weighted by Gasteiger charge is -2.39. The molecule has 0 aromatic rings.